The Kier molecular flexibility index (Phi) is 4.07. The molecule has 1 aliphatic carbocycles. The predicted octanol–water partition coefficient (Wildman–Crippen LogP) is 2.25. The number of rotatable bonds is 4. The van der Waals surface area contributed by atoms with Gasteiger partial charge in [-0.15, -0.1) is 15.3 Å². The SMILES string of the molecule is O=c1ccc(C2CC2)nn1CC1CCCN1c1ccc2nnc(C(F)(F)F)n2n1. The molecule has 0 radical (unpaired) electrons. The number of halogens is 3. The molecule has 4 heterocycles. The van der Waals surface area contributed by atoms with E-state index in [0.717, 1.165) is 35.9 Å². The van der Waals surface area contributed by atoms with Crippen molar-refractivity contribution in [3.05, 3.63) is 46.1 Å². The first-order valence-electron chi connectivity index (χ1n) is 9.54. The van der Waals surface area contributed by atoms with Gasteiger partial charge in [-0.25, -0.2) is 4.68 Å². The molecule has 1 saturated carbocycles. The number of fused-ring (bicyclic) bond motifs is 1. The molecule has 8 nitrogen and oxygen atoms in total. The highest BCUT2D eigenvalue weighted by atomic mass is 19.4. The summed E-state index contributed by atoms with van der Waals surface area (Å²) in [5.74, 6) is -0.322. The molecule has 1 unspecified atom stereocenters. The van der Waals surface area contributed by atoms with E-state index in [4.69, 9.17) is 0 Å². The van der Waals surface area contributed by atoms with Crippen LogP contribution in [0, 0.1) is 0 Å². The van der Waals surface area contributed by atoms with E-state index in [1.54, 1.807) is 12.1 Å². The van der Waals surface area contributed by atoms with Crippen molar-refractivity contribution >= 4 is 11.5 Å². The fourth-order valence-electron chi connectivity index (χ4n) is 3.83. The van der Waals surface area contributed by atoms with Crippen molar-refractivity contribution in [1.82, 2.24) is 29.6 Å². The van der Waals surface area contributed by atoms with Crippen LogP contribution in [0.3, 0.4) is 0 Å². The van der Waals surface area contributed by atoms with Crippen molar-refractivity contribution in [1.29, 1.82) is 0 Å². The van der Waals surface area contributed by atoms with E-state index in [9.17, 15) is 18.0 Å². The minimum absolute atomic E-state index is 0.0341. The van der Waals surface area contributed by atoms with Crippen molar-refractivity contribution < 1.29 is 13.2 Å². The average Bonchev–Trinajstić information content (AvgIpc) is 3.27. The topological polar surface area (TPSA) is 81.2 Å². The van der Waals surface area contributed by atoms with Crippen LogP contribution in [0.1, 0.15) is 43.1 Å². The molecule has 3 aromatic heterocycles. The third-order valence-electron chi connectivity index (χ3n) is 5.44. The highest BCUT2D eigenvalue weighted by molar-refractivity contribution is 5.47. The van der Waals surface area contributed by atoms with Gasteiger partial charge in [0.2, 0.25) is 0 Å². The van der Waals surface area contributed by atoms with Crippen LogP contribution in [0.25, 0.3) is 5.65 Å². The van der Waals surface area contributed by atoms with Gasteiger partial charge in [0.15, 0.2) is 5.65 Å². The number of nitrogens with zero attached hydrogens (tertiary/aromatic N) is 7. The van der Waals surface area contributed by atoms with E-state index >= 15 is 0 Å². The first-order valence-corrected chi connectivity index (χ1v) is 9.54. The van der Waals surface area contributed by atoms with E-state index in [1.807, 2.05) is 4.90 Å². The molecular formula is C18H18F3N7O. The highest BCUT2D eigenvalue weighted by Gasteiger charge is 2.38. The predicted molar refractivity (Wildman–Crippen MR) is 96.6 cm³/mol. The Morgan fingerprint density at radius 2 is 1.86 bits per heavy atom. The third-order valence-corrected chi connectivity index (χ3v) is 5.44. The Morgan fingerprint density at radius 1 is 1.03 bits per heavy atom. The van der Waals surface area contributed by atoms with Gasteiger partial charge in [-0.05, 0) is 43.9 Å². The molecule has 29 heavy (non-hydrogen) atoms. The molecule has 1 aliphatic heterocycles. The minimum atomic E-state index is -4.64. The van der Waals surface area contributed by atoms with Crippen molar-refractivity contribution in [2.45, 2.75) is 50.4 Å². The largest absolute Gasteiger partial charge is 0.453 e. The summed E-state index contributed by atoms with van der Waals surface area (Å²) in [4.78, 5) is 14.2. The smallest absolute Gasteiger partial charge is 0.350 e. The standard InChI is InChI=1S/C18H18F3N7O/c19-18(20,21)17-23-22-14-6-7-15(25-28(14)17)26-9-1-2-12(26)10-27-16(29)8-5-13(24-27)11-3-4-11/h5-8,11-12H,1-4,9-10H2. The summed E-state index contributed by atoms with van der Waals surface area (Å²) in [6.45, 7) is 1.01. The molecule has 0 spiro atoms. The maximum Gasteiger partial charge on any atom is 0.453 e. The lowest BCUT2D eigenvalue weighted by Crippen LogP contribution is -2.38. The molecule has 5 rings (SSSR count). The second-order valence-corrected chi connectivity index (χ2v) is 7.53. The van der Waals surface area contributed by atoms with Crippen LogP contribution in [0.5, 0.6) is 0 Å². The quantitative estimate of drug-likeness (QED) is 0.662. The zero-order chi connectivity index (χ0) is 20.2. The van der Waals surface area contributed by atoms with Crippen LogP contribution in [0.2, 0.25) is 0 Å². The molecular weight excluding hydrogens is 387 g/mol. The molecule has 11 heteroatoms. The number of anilines is 1. The van der Waals surface area contributed by atoms with Crippen molar-refractivity contribution in [2.75, 3.05) is 11.4 Å². The van der Waals surface area contributed by atoms with Gasteiger partial charge in [-0.2, -0.15) is 22.8 Å². The lowest BCUT2D eigenvalue weighted by molar-refractivity contribution is -0.146. The van der Waals surface area contributed by atoms with Crippen molar-refractivity contribution in [2.24, 2.45) is 0 Å². The van der Waals surface area contributed by atoms with Gasteiger partial charge < -0.3 is 4.90 Å². The summed E-state index contributed by atoms with van der Waals surface area (Å²) in [7, 11) is 0. The molecule has 0 bridgehead atoms. The van der Waals surface area contributed by atoms with Gasteiger partial charge in [0.1, 0.15) is 5.82 Å². The van der Waals surface area contributed by atoms with Gasteiger partial charge in [0.05, 0.1) is 18.3 Å². The van der Waals surface area contributed by atoms with Crippen molar-refractivity contribution in [3.63, 3.8) is 0 Å². The third kappa shape index (κ3) is 3.34. The van der Waals surface area contributed by atoms with Crippen LogP contribution in [-0.2, 0) is 12.7 Å². The first-order chi connectivity index (χ1) is 13.9. The normalized spacial score (nSPS) is 20.0. The van der Waals surface area contributed by atoms with Crippen LogP contribution in [0.15, 0.2) is 29.1 Å². The molecule has 3 aromatic rings. The molecule has 0 N–H and O–H groups in total. The van der Waals surface area contributed by atoms with E-state index < -0.39 is 12.0 Å². The van der Waals surface area contributed by atoms with Crippen LogP contribution >= 0.6 is 0 Å². The minimum Gasteiger partial charge on any atom is -0.350 e. The fraction of sp³-hybridized carbons (Fsp3) is 0.500. The number of hydrogen-bond acceptors (Lipinski definition) is 6. The summed E-state index contributed by atoms with van der Waals surface area (Å²) in [6, 6.07) is 6.35. The van der Waals surface area contributed by atoms with E-state index in [0.29, 0.717) is 24.8 Å². The van der Waals surface area contributed by atoms with Gasteiger partial charge in [0, 0.05) is 18.5 Å². The van der Waals surface area contributed by atoms with Gasteiger partial charge in [-0.3, -0.25) is 4.79 Å². The van der Waals surface area contributed by atoms with E-state index in [2.05, 4.69) is 20.4 Å². The monoisotopic (exact) mass is 405 g/mol. The Hall–Kier alpha value is -2.98. The Balaban J connectivity index is 1.45. The molecule has 2 fully saturated rings. The highest BCUT2D eigenvalue weighted by Crippen LogP contribution is 2.38. The average molecular weight is 405 g/mol. The second-order valence-electron chi connectivity index (χ2n) is 7.53. The molecule has 1 atom stereocenters. The Labute approximate surface area is 163 Å². The molecule has 0 amide bonds. The molecule has 2 aliphatic rings. The second kappa shape index (κ2) is 6.53. The Bertz CT molecular complexity index is 1120. The van der Waals surface area contributed by atoms with Gasteiger partial charge in [-0.1, -0.05) is 0 Å². The zero-order valence-corrected chi connectivity index (χ0v) is 15.4. The maximum atomic E-state index is 13.2. The molecule has 1 saturated heterocycles. The van der Waals surface area contributed by atoms with Crippen LogP contribution < -0.4 is 10.5 Å². The molecule has 0 aromatic carbocycles. The number of hydrogen-bond donors (Lipinski definition) is 0. The van der Waals surface area contributed by atoms with Gasteiger partial charge >= 0.3 is 6.18 Å². The molecule has 152 valence electrons. The lowest BCUT2D eigenvalue weighted by atomic mass is 10.2. The zero-order valence-electron chi connectivity index (χ0n) is 15.4. The lowest BCUT2D eigenvalue weighted by Gasteiger charge is -2.26. The van der Waals surface area contributed by atoms with Crippen molar-refractivity contribution in [3.8, 4) is 0 Å². The summed E-state index contributed by atoms with van der Waals surface area (Å²) >= 11 is 0. The summed E-state index contributed by atoms with van der Waals surface area (Å²) in [6.07, 6.45) is -0.808. The van der Waals surface area contributed by atoms with E-state index in [1.165, 1.54) is 16.8 Å². The summed E-state index contributed by atoms with van der Waals surface area (Å²) in [5, 5.41) is 15.4. The van der Waals surface area contributed by atoms with Gasteiger partial charge in [0.25, 0.3) is 11.4 Å². The maximum absolute atomic E-state index is 13.2. The Morgan fingerprint density at radius 3 is 2.62 bits per heavy atom. The summed E-state index contributed by atoms with van der Waals surface area (Å²) in [5.41, 5.74) is 0.780. The van der Waals surface area contributed by atoms with Crippen LogP contribution in [-0.4, -0.2) is 42.2 Å². The van der Waals surface area contributed by atoms with Crippen LogP contribution in [0.4, 0.5) is 19.0 Å². The summed E-state index contributed by atoms with van der Waals surface area (Å²) < 4.78 is 41.7. The van der Waals surface area contributed by atoms with E-state index in [-0.39, 0.29) is 17.2 Å². The number of alkyl halides is 3. The fourth-order valence-corrected chi connectivity index (χ4v) is 3.83. The number of aromatic nitrogens is 6. The first kappa shape index (κ1) is 18.1.